The second-order valence-electron chi connectivity index (χ2n) is 12.4. The summed E-state index contributed by atoms with van der Waals surface area (Å²) >= 11 is 0. The number of carbonyl (C=O) groups is 2. The summed E-state index contributed by atoms with van der Waals surface area (Å²) in [7, 11) is -2.92. The Morgan fingerprint density at radius 1 is 0.733 bits per heavy atom. The van der Waals surface area contributed by atoms with Crippen molar-refractivity contribution in [2.45, 2.75) is 125 Å². The molecule has 0 aliphatic heterocycles. The van der Waals surface area contributed by atoms with Gasteiger partial charge < -0.3 is 9.16 Å². The molecule has 4 nitrogen and oxygen atoms in total. The average Bonchev–Trinajstić information content (AvgIpc) is 2.56. The lowest BCUT2D eigenvalue weighted by Crippen LogP contribution is -2.45. The van der Waals surface area contributed by atoms with Crippen LogP contribution in [0.5, 0.6) is 0 Å². The monoisotopic (exact) mass is 460 g/mol. The Morgan fingerprint density at radius 2 is 1.13 bits per heavy atom. The van der Waals surface area contributed by atoms with Crippen LogP contribution in [0.3, 0.4) is 0 Å². The van der Waals surface area contributed by atoms with Gasteiger partial charge in [0.05, 0.1) is 17.4 Å². The van der Waals surface area contributed by atoms with Crippen LogP contribution in [0.15, 0.2) is 0 Å². The molecular formula is C24H52O4Si2. The van der Waals surface area contributed by atoms with Crippen LogP contribution in [0.4, 0.5) is 0 Å². The lowest BCUT2D eigenvalue weighted by atomic mass is 9.91. The van der Waals surface area contributed by atoms with Gasteiger partial charge in [-0.15, -0.1) is 0 Å². The highest BCUT2D eigenvalue weighted by Gasteiger charge is 2.42. The van der Waals surface area contributed by atoms with Gasteiger partial charge in [-0.05, 0) is 65.1 Å². The first kappa shape index (κ1) is 31.6. The number of carbonyl (C=O) groups excluding carboxylic acids is 2. The molecule has 0 aromatic heterocycles. The van der Waals surface area contributed by atoms with E-state index >= 15 is 0 Å². The van der Waals surface area contributed by atoms with Gasteiger partial charge in [0.2, 0.25) is 0 Å². The van der Waals surface area contributed by atoms with Gasteiger partial charge in [0.25, 0.3) is 14.3 Å². The third-order valence-electron chi connectivity index (χ3n) is 6.33. The van der Waals surface area contributed by atoms with Gasteiger partial charge in [0.15, 0.2) is 0 Å². The van der Waals surface area contributed by atoms with Crippen LogP contribution in [-0.2, 0) is 18.8 Å². The van der Waals surface area contributed by atoms with Crippen molar-refractivity contribution in [1.29, 1.82) is 0 Å². The Kier molecular flexibility index (Phi) is 12.5. The summed E-state index contributed by atoms with van der Waals surface area (Å²) in [5.74, 6) is -0.0998. The molecule has 0 heterocycles. The smallest absolute Gasteiger partial charge is 0.311 e. The predicted octanol–water partition coefficient (Wildman–Crippen LogP) is 7.67. The van der Waals surface area contributed by atoms with Crippen LogP contribution in [0.25, 0.3) is 0 Å². The minimum atomic E-state index is -1.94. The molecule has 0 atom stereocenters. The number of hydrogen-bond acceptors (Lipinski definition) is 4. The summed E-state index contributed by atoms with van der Waals surface area (Å²) < 4.78 is 11.0. The van der Waals surface area contributed by atoms with E-state index in [1.807, 2.05) is 41.5 Å². The maximum atomic E-state index is 12.0. The van der Waals surface area contributed by atoms with Crippen molar-refractivity contribution in [1.82, 2.24) is 0 Å². The normalized spacial score (nSPS) is 13.3. The second kappa shape index (κ2) is 11.8. The molecule has 0 amide bonds. The van der Waals surface area contributed by atoms with Crippen molar-refractivity contribution in [3.8, 4) is 0 Å². The summed E-state index contributed by atoms with van der Waals surface area (Å²) in [6, 6.07) is 1.23. The number of esters is 1. The molecule has 0 spiro atoms. The summed E-state index contributed by atoms with van der Waals surface area (Å²) in [4.78, 5) is 23.6. The Labute approximate surface area is 190 Å². The topological polar surface area (TPSA) is 52.6 Å². The first-order valence-corrected chi connectivity index (χ1v) is 18.1. The molecule has 0 rings (SSSR count). The van der Waals surface area contributed by atoms with Gasteiger partial charge in [0, 0.05) is 8.07 Å². The first-order valence-electron chi connectivity index (χ1n) is 11.5. The fourth-order valence-electron chi connectivity index (χ4n) is 1.77. The van der Waals surface area contributed by atoms with Gasteiger partial charge >= 0.3 is 5.97 Å². The van der Waals surface area contributed by atoms with Crippen molar-refractivity contribution in [2.75, 3.05) is 6.61 Å². The molecule has 0 saturated heterocycles. The van der Waals surface area contributed by atoms with Crippen LogP contribution in [0.1, 0.15) is 81.6 Å². The maximum absolute atomic E-state index is 12.0. The van der Waals surface area contributed by atoms with E-state index in [9.17, 15) is 9.59 Å². The van der Waals surface area contributed by atoms with Gasteiger partial charge in [-0.3, -0.25) is 9.59 Å². The van der Waals surface area contributed by atoms with Crippen molar-refractivity contribution in [3.05, 3.63) is 0 Å². The van der Waals surface area contributed by atoms with E-state index in [1.165, 1.54) is 6.04 Å². The molecule has 0 aromatic rings. The molecule has 0 aliphatic rings. The van der Waals surface area contributed by atoms with Crippen molar-refractivity contribution >= 4 is 28.3 Å². The van der Waals surface area contributed by atoms with Gasteiger partial charge in [0.1, 0.15) is 0 Å². The second-order valence-corrected chi connectivity index (χ2v) is 22.8. The first-order chi connectivity index (χ1) is 13.1. The minimum Gasteiger partial charge on any atom is -0.519 e. The third-order valence-corrected chi connectivity index (χ3v) is 12.5. The summed E-state index contributed by atoms with van der Waals surface area (Å²) in [6.07, 6.45) is 2.67. The Hall–Kier alpha value is -0.626. The van der Waals surface area contributed by atoms with E-state index in [1.54, 1.807) is 0 Å². The van der Waals surface area contributed by atoms with E-state index in [4.69, 9.17) is 9.16 Å². The zero-order chi connectivity index (χ0) is 24.6. The molecule has 180 valence electrons. The number of hydrogen-bond donors (Lipinski definition) is 0. The van der Waals surface area contributed by atoms with E-state index in [2.05, 4.69) is 53.5 Å². The van der Waals surface area contributed by atoms with Crippen LogP contribution in [0, 0.1) is 10.8 Å². The van der Waals surface area contributed by atoms with Crippen LogP contribution in [-0.4, -0.2) is 34.9 Å². The SMILES string of the molecule is CCC(C)(C)C(=O)OCCC[Si](C)(C)C.CCC(C)(C)C(=O)O[Si](C)(C)C(C)(C)C. The average molecular weight is 461 g/mol. The fourth-order valence-corrected chi connectivity index (χ4v) is 4.03. The predicted molar refractivity (Wildman–Crippen MR) is 135 cm³/mol. The lowest BCUT2D eigenvalue weighted by Gasteiger charge is -2.37. The zero-order valence-corrected chi connectivity index (χ0v) is 24.7. The maximum Gasteiger partial charge on any atom is 0.311 e. The highest BCUT2D eigenvalue weighted by Crippen LogP contribution is 2.38. The molecule has 0 fully saturated rings. The van der Waals surface area contributed by atoms with E-state index in [-0.39, 0.29) is 27.8 Å². The quantitative estimate of drug-likeness (QED) is 0.201. The standard InChI is InChI=1S/2C12H26O2Si/c1-9-12(5,6)10(13)14-15(7,8)11(2,3)4;1-7-12(2,3)11(13)14-9-8-10-15(4,5)6/h9H2,1-8H3;7-10H2,1-6H3. The van der Waals surface area contributed by atoms with Crippen LogP contribution >= 0.6 is 0 Å². The molecule has 0 N–H and O–H groups in total. The highest BCUT2D eigenvalue weighted by atomic mass is 28.4. The van der Waals surface area contributed by atoms with Gasteiger partial charge in [-0.25, -0.2) is 0 Å². The molecular weight excluding hydrogens is 408 g/mol. The van der Waals surface area contributed by atoms with E-state index in [0.717, 1.165) is 19.3 Å². The molecule has 0 aromatic carbocycles. The summed E-state index contributed by atoms with van der Waals surface area (Å²) in [5, 5.41) is 0.0898. The van der Waals surface area contributed by atoms with E-state index < -0.39 is 16.4 Å². The number of ether oxygens (including phenoxy) is 1. The zero-order valence-electron chi connectivity index (χ0n) is 22.7. The summed E-state index contributed by atoms with van der Waals surface area (Å²) in [6.45, 7) is 30.1. The largest absolute Gasteiger partial charge is 0.519 e. The molecule has 30 heavy (non-hydrogen) atoms. The fraction of sp³-hybridized carbons (Fsp3) is 0.917. The summed E-state index contributed by atoms with van der Waals surface area (Å²) in [5.41, 5.74) is -0.672. The van der Waals surface area contributed by atoms with Gasteiger partial charge in [-0.2, -0.15) is 0 Å². The van der Waals surface area contributed by atoms with Crippen LogP contribution < -0.4 is 0 Å². The van der Waals surface area contributed by atoms with Crippen molar-refractivity contribution < 1.29 is 18.8 Å². The molecule has 6 heteroatoms. The van der Waals surface area contributed by atoms with E-state index in [0.29, 0.717) is 6.61 Å². The Balaban J connectivity index is 0. The minimum absolute atomic E-state index is 0.0448. The van der Waals surface area contributed by atoms with Gasteiger partial charge in [-0.1, -0.05) is 60.3 Å². The molecule has 0 aliphatic carbocycles. The molecule has 0 saturated carbocycles. The molecule has 0 unspecified atom stereocenters. The van der Waals surface area contributed by atoms with Crippen molar-refractivity contribution in [3.63, 3.8) is 0 Å². The Bertz CT molecular complexity index is 538. The van der Waals surface area contributed by atoms with Crippen LogP contribution in [0.2, 0.25) is 43.8 Å². The molecule has 0 bridgehead atoms. The van der Waals surface area contributed by atoms with Crippen molar-refractivity contribution in [2.24, 2.45) is 10.8 Å². The Morgan fingerprint density at radius 3 is 1.47 bits per heavy atom. The highest BCUT2D eigenvalue weighted by molar-refractivity contribution is 6.76. The number of rotatable bonds is 9. The molecule has 0 radical (unpaired) electrons. The third kappa shape index (κ3) is 12.3. The lowest BCUT2D eigenvalue weighted by molar-refractivity contribution is -0.154.